The van der Waals surface area contributed by atoms with E-state index in [2.05, 4.69) is 44.9 Å². The molecule has 1 aromatic rings. The first kappa shape index (κ1) is 15.0. The molecule has 0 saturated carbocycles. The van der Waals surface area contributed by atoms with Crippen LogP contribution in [0.2, 0.25) is 0 Å². The number of ether oxygens (including phenoxy) is 1. The standard InChI is InChI=1S/C14H24BrN3O/c1-4-18-12(13(15)11(2)17-18)9-14(10-16-3)5-7-19-8-6-14/h16H,4-10H2,1-3H3. The largest absolute Gasteiger partial charge is 0.381 e. The van der Waals surface area contributed by atoms with Gasteiger partial charge in [0.2, 0.25) is 0 Å². The molecule has 1 aliphatic heterocycles. The second kappa shape index (κ2) is 6.37. The van der Waals surface area contributed by atoms with Crippen molar-refractivity contribution in [3.63, 3.8) is 0 Å². The molecule has 1 fully saturated rings. The molecule has 0 aromatic carbocycles. The molecular formula is C14H24BrN3O. The Kier molecular flexibility index (Phi) is 5.03. The van der Waals surface area contributed by atoms with Crippen molar-refractivity contribution in [1.29, 1.82) is 0 Å². The summed E-state index contributed by atoms with van der Waals surface area (Å²) >= 11 is 3.71. The lowest BCUT2D eigenvalue weighted by Crippen LogP contribution is -2.40. The normalized spacial score (nSPS) is 18.7. The summed E-state index contributed by atoms with van der Waals surface area (Å²) in [5.41, 5.74) is 2.72. The second-order valence-corrected chi connectivity index (χ2v) is 6.27. The smallest absolute Gasteiger partial charge is 0.0738 e. The minimum Gasteiger partial charge on any atom is -0.381 e. The summed E-state index contributed by atoms with van der Waals surface area (Å²) in [5.74, 6) is 0. The van der Waals surface area contributed by atoms with Crippen molar-refractivity contribution in [2.75, 3.05) is 26.8 Å². The maximum absolute atomic E-state index is 5.54. The van der Waals surface area contributed by atoms with Crippen LogP contribution >= 0.6 is 15.9 Å². The molecule has 0 bridgehead atoms. The van der Waals surface area contributed by atoms with Gasteiger partial charge in [-0.1, -0.05) is 0 Å². The topological polar surface area (TPSA) is 39.1 Å². The molecule has 0 amide bonds. The van der Waals surface area contributed by atoms with Crippen LogP contribution in [0.1, 0.15) is 31.2 Å². The van der Waals surface area contributed by atoms with Gasteiger partial charge in [-0.3, -0.25) is 4.68 Å². The van der Waals surface area contributed by atoms with E-state index in [1.165, 1.54) is 10.2 Å². The predicted octanol–water partition coefficient (Wildman–Crippen LogP) is 2.53. The van der Waals surface area contributed by atoms with Gasteiger partial charge in [0, 0.05) is 26.3 Å². The number of nitrogens with zero attached hydrogens (tertiary/aromatic N) is 2. The average molecular weight is 330 g/mol. The second-order valence-electron chi connectivity index (χ2n) is 5.48. The molecule has 5 heteroatoms. The zero-order valence-electron chi connectivity index (χ0n) is 12.1. The van der Waals surface area contributed by atoms with Crippen LogP contribution in [0.4, 0.5) is 0 Å². The molecule has 1 aromatic heterocycles. The lowest BCUT2D eigenvalue weighted by Gasteiger charge is -2.37. The van der Waals surface area contributed by atoms with Crippen LogP contribution < -0.4 is 5.32 Å². The van der Waals surface area contributed by atoms with Gasteiger partial charge in [0.15, 0.2) is 0 Å². The fraction of sp³-hybridized carbons (Fsp3) is 0.786. The number of aryl methyl sites for hydroxylation is 2. The lowest BCUT2D eigenvalue weighted by molar-refractivity contribution is 0.0148. The van der Waals surface area contributed by atoms with Gasteiger partial charge in [0.1, 0.15) is 0 Å². The van der Waals surface area contributed by atoms with E-state index < -0.39 is 0 Å². The Balaban J connectivity index is 2.26. The molecule has 108 valence electrons. The highest BCUT2D eigenvalue weighted by atomic mass is 79.9. The predicted molar refractivity (Wildman–Crippen MR) is 80.5 cm³/mol. The lowest BCUT2D eigenvalue weighted by atomic mass is 9.76. The quantitative estimate of drug-likeness (QED) is 0.902. The van der Waals surface area contributed by atoms with Crippen molar-refractivity contribution < 1.29 is 4.74 Å². The molecule has 2 rings (SSSR count). The highest BCUT2D eigenvalue weighted by Gasteiger charge is 2.34. The third-order valence-corrected chi connectivity index (χ3v) is 5.13. The Morgan fingerprint density at radius 2 is 2.11 bits per heavy atom. The van der Waals surface area contributed by atoms with Crippen molar-refractivity contribution in [3.05, 3.63) is 15.9 Å². The molecule has 0 aliphatic carbocycles. The van der Waals surface area contributed by atoms with E-state index in [-0.39, 0.29) is 0 Å². The van der Waals surface area contributed by atoms with Gasteiger partial charge in [-0.05, 0) is 61.5 Å². The van der Waals surface area contributed by atoms with E-state index in [9.17, 15) is 0 Å². The third-order valence-electron chi connectivity index (χ3n) is 4.10. The number of halogens is 1. The first-order valence-corrected chi connectivity index (χ1v) is 7.85. The zero-order chi connectivity index (χ0) is 13.9. The fourth-order valence-corrected chi connectivity index (χ4v) is 3.41. The van der Waals surface area contributed by atoms with Crippen molar-refractivity contribution in [1.82, 2.24) is 15.1 Å². The Hall–Kier alpha value is -0.390. The molecule has 0 spiro atoms. The molecule has 0 atom stereocenters. The molecule has 19 heavy (non-hydrogen) atoms. The summed E-state index contributed by atoms with van der Waals surface area (Å²) in [4.78, 5) is 0. The van der Waals surface area contributed by atoms with Crippen molar-refractivity contribution in [2.45, 2.75) is 39.7 Å². The minimum atomic E-state index is 0.301. The maximum Gasteiger partial charge on any atom is 0.0738 e. The van der Waals surface area contributed by atoms with Gasteiger partial charge >= 0.3 is 0 Å². The molecule has 1 N–H and O–H groups in total. The summed E-state index contributed by atoms with van der Waals surface area (Å²) < 4.78 is 8.85. The number of hydrogen-bond acceptors (Lipinski definition) is 3. The van der Waals surface area contributed by atoms with Crippen LogP contribution in [0.15, 0.2) is 4.47 Å². The Morgan fingerprint density at radius 1 is 1.42 bits per heavy atom. The van der Waals surface area contributed by atoms with Crippen molar-refractivity contribution >= 4 is 15.9 Å². The summed E-state index contributed by atoms with van der Waals surface area (Å²) in [6, 6.07) is 0. The number of rotatable bonds is 5. The van der Waals surface area contributed by atoms with E-state index in [1.54, 1.807) is 0 Å². The molecule has 1 saturated heterocycles. The van der Waals surface area contributed by atoms with Gasteiger partial charge in [0.25, 0.3) is 0 Å². The van der Waals surface area contributed by atoms with Crippen LogP contribution in [0.3, 0.4) is 0 Å². The van der Waals surface area contributed by atoms with Crippen molar-refractivity contribution in [3.8, 4) is 0 Å². The van der Waals surface area contributed by atoms with E-state index in [0.29, 0.717) is 5.41 Å². The van der Waals surface area contributed by atoms with Crippen LogP contribution in [0, 0.1) is 12.3 Å². The Bertz CT molecular complexity index is 419. The third kappa shape index (κ3) is 3.20. The van der Waals surface area contributed by atoms with Crippen LogP contribution in [-0.4, -0.2) is 36.6 Å². The minimum absolute atomic E-state index is 0.301. The van der Waals surface area contributed by atoms with Crippen LogP contribution in [0.5, 0.6) is 0 Å². The van der Waals surface area contributed by atoms with Gasteiger partial charge < -0.3 is 10.1 Å². The number of hydrogen-bond donors (Lipinski definition) is 1. The van der Waals surface area contributed by atoms with Crippen LogP contribution in [-0.2, 0) is 17.7 Å². The highest BCUT2D eigenvalue weighted by molar-refractivity contribution is 9.10. The average Bonchev–Trinajstić information content (AvgIpc) is 2.68. The van der Waals surface area contributed by atoms with E-state index in [4.69, 9.17) is 4.74 Å². The molecule has 2 heterocycles. The van der Waals surface area contributed by atoms with Crippen molar-refractivity contribution in [2.24, 2.45) is 5.41 Å². The Morgan fingerprint density at radius 3 is 2.68 bits per heavy atom. The van der Waals surface area contributed by atoms with Gasteiger partial charge in [-0.25, -0.2) is 0 Å². The summed E-state index contributed by atoms with van der Waals surface area (Å²) in [6.45, 7) is 7.92. The van der Waals surface area contributed by atoms with E-state index in [0.717, 1.165) is 51.3 Å². The van der Waals surface area contributed by atoms with E-state index in [1.807, 2.05) is 7.05 Å². The first-order valence-electron chi connectivity index (χ1n) is 7.06. The van der Waals surface area contributed by atoms with Gasteiger partial charge in [-0.15, -0.1) is 0 Å². The molecule has 4 nitrogen and oxygen atoms in total. The van der Waals surface area contributed by atoms with E-state index >= 15 is 0 Å². The Labute approximate surface area is 124 Å². The van der Waals surface area contributed by atoms with Gasteiger partial charge in [-0.2, -0.15) is 5.10 Å². The SMILES string of the molecule is CCn1nc(C)c(Br)c1CC1(CNC)CCOCC1. The molecule has 1 aliphatic rings. The summed E-state index contributed by atoms with van der Waals surface area (Å²) in [7, 11) is 2.04. The molecular weight excluding hydrogens is 306 g/mol. The monoisotopic (exact) mass is 329 g/mol. The summed E-state index contributed by atoms with van der Waals surface area (Å²) in [6.07, 6.45) is 3.30. The maximum atomic E-state index is 5.54. The van der Waals surface area contributed by atoms with Gasteiger partial charge in [0.05, 0.1) is 15.9 Å². The fourth-order valence-electron chi connectivity index (χ4n) is 2.99. The number of aromatic nitrogens is 2. The summed E-state index contributed by atoms with van der Waals surface area (Å²) in [5, 5.41) is 7.97. The first-order chi connectivity index (χ1) is 9.12. The highest BCUT2D eigenvalue weighted by Crippen LogP contribution is 2.36. The number of nitrogens with one attached hydrogen (secondary N) is 1. The zero-order valence-corrected chi connectivity index (χ0v) is 13.7. The van der Waals surface area contributed by atoms with Crippen LogP contribution in [0.25, 0.3) is 0 Å². The molecule has 0 unspecified atom stereocenters. The molecule has 0 radical (unpaired) electrons.